The maximum atomic E-state index is 4.63. The molecule has 23 heavy (non-hydrogen) atoms. The molecule has 2 aliphatic rings. The molecule has 1 atom stereocenters. The fourth-order valence-electron chi connectivity index (χ4n) is 3.40. The van der Waals surface area contributed by atoms with Crippen molar-refractivity contribution >= 4 is 23.5 Å². The van der Waals surface area contributed by atoms with Crippen LogP contribution in [0.1, 0.15) is 30.1 Å². The largest absolute Gasteiger partial charge is 0.305 e. The zero-order valence-corrected chi connectivity index (χ0v) is 14.8. The minimum Gasteiger partial charge on any atom is -0.305 e. The Labute approximate surface area is 145 Å². The number of thioether (sulfide) groups is 2. The van der Waals surface area contributed by atoms with Gasteiger partial charge < -0.3 is 5.32 Å². The minimum atomic E-state index is 0.445. The zero-order valence-electron chi connectivity index (χ0n) is 13.1. The van der Waals surface area contributed by atoms with Crippen LogP contribution in [0.15, 0.2) is 30.6 Å². The summed E-state index contributed by atoms with van der Waals surface area (Å²) < 4.78 is 2.03. The Kier molecular flexibility index (Phi) is 4.92. The SMILES string of the molecule is c1ccc(-n2ncc3c2CCCC3NC2CSCCSC2)nc1. The molecule has 0 bridgehead atoms. The zero-order chi connectivity index (χ0) is 15.5. The van der Waals surface area contributed by atoms with Gasteiger partial charge in [-0.1, -0.05) is 6.07 Å². The van der Waals surface area contributed by atoms with Gasteiger partial charge in [0.15, 0.2) is 5.82 Å². The third-order valence-electron chi connectivity index (χ3n) is 4.50. The van der Waals surface area contributed by atoms with Gasteiger partial charge in [0.2, 0.25) is 0 Å². The van der Waals surface area contributed by atoms with Crippen molar-refractivity contribution in [2.75, 3.05) is 23.0 Å². The molecule has 4 nitrogen and oxygen atoms in total. The second kappa shape index (κ2) is 7.28. The first-order valence-corrected chi connectivity index (χ1v) is 10.6. The number of hydrogen-bond donors (Lipinski definition) is 1. The first kappa shape index (κ1) is 15.5. The number of aromatic nitrogens is 3. The topological polar surface area (TPSA) is 42.7 Å². The van der Waals surface area contributed by atoms with Crippen molar-refractivity contribution in [1.82, 2.24) is 20.1 Å². The highest BCUT2D eigenvalue weighted by atomic mass is 32.2. The van der Waals surface area contributed by atoms with E-state index >= 15 is 0 Å². The number of nitrogens with one attached hydrogen (secondary N) is 1. The van der Waals surface area contributed by atoms with Gasteiger partial charge in [-0.25, -0.2) is 9.67 Å². The van der Waals surface area contributed by atoms with E-state index in [9.17, 15) is 0 Å². The Hall–Kier alpha value is -0.980. The normalized spacial score (nSPS) is 22.5. The van der Waals surface area contributed by atoms with Crippen molar-refractivity contribution in [2.45, 2.75) is 31.3 Å². The van der Waals surface area contributed by atoms with Gasteiger partial charge in [0.1, 0.15) is 0 Å². The molecule has 0 spiro atoms. The van der Waals surface area contributed by atoms with E-state index in [-0.39, 0.29) is 0 Å². The molecule has 0 aromatic carbocycles. The Morgan fingerprint density at radius 3 is 2.83 bits per heavy atom. The maximum absolute atomic E-state index is 4.63. The summed E-state index contributed by atoms with van der Waals surface area (Å²) in [6.45, 7) is 0. The summed E-state index contributed by atoms with van der Waals surface area (Å²) in [5, 5.41) is 8.54. The smallest absolute Gasteiger partial charge is 0.153 e. The highest BCUT2D eigenvalue weighted by Crippen LogP contribution is 2.32. The van der Waals surface area contributed by atoms with E-state index in [0.717, 1.165) is 12.2 Å². The molecule has 3 heterocycles. The predicted molar refractivity (Wildman–Crippen MR) is 98.6 cm³/mol. The van der Waals surface area contributed by atoms with Crippen molar-refractivity contribution in [1.29, 1.82) is 0 Å². The van der Waals surface area contributed by atoms with E-state index in [4.69, 9.17) is 0 Å². The van der Waals surface area contributed by atoms with Gasteiger partial charge in [0, 0.05) is 46.9 Å². The molecular formula is C17H22N4S2. The lowest BCUT2D eigenvalue weighted by Gasteiger charge is -2.28. The van der Waals surface area contributed by atoms with Crippen LogP contribution in [0, 0.1) is 0 Å². The molecule has 1 aliphatic carbocycles. The fourth-order valence-corrected chi connectivity index (χ4v) is 5.83. The summed E-state index contributed by atoms with van der Waals surface area (Å²) >= 11 is 4.16. The van der Waals surface area contributed by atoms with Crippen LogP contribution in [0.3, 0.4) is 0 Å². The lowest BCUT2D eigenvalue weighted by atomic mass is 9.92. The van der Waals surface area contributed by atoms with Gasteiger partial charge in [-0.3, -0.25) is 0 Å². The standard InChI is InChI=1S/C17H22N4S2/c1-2-7-18-17(6-1)21-16-5-3-4-15(14(16)10-19-21)20-13-11-22-8-9-23-12-13/h1-2,6-7,10,13,15,20H,3-5,8-9,11-12H2. The van der Waals surface area contributed by atoms with Gasteiger partial charge >= 0.3 is 0 Å². The Morgan fingerprint density at radius 1 is 1.17 bits per heavy atom. The van der Waals surface area contributed by atoms with Crippen LogP contribution in [0.5, 0.6) is 0 Å². The van der Waals surface area contributed by atoms with Crippen molar-refractivity contribution in [2.24, 2.45) is 0 Å². The fraction of sp³-hybridized carbons (Fsp3) is 0.529. The van der Waals surface area contributed by atoms with Gasteiger partial charge in [-0.05, 0) is 31.4 Å². The first-order valence-electron chi connectivity index (χ1n) is 8.31. The molecule has 2 aromatic heterocycles. The molecular weight excluding hydrogens is 324 g/mol. The molecule has 1 fully saturated rings. The molecule has 2 aromatic rings. The van der Waals surface area contributed by atoms with Crippen LogP contribution in [0.2, 0.25) is 0 Å². The summed E-state index contributed by atoms with van der Waals surface area (Å²) in [7, 11) is 0. The highest BCUT2D eigenvalue weighted by molar-refractivity contribution is 8.03. The number of pyridine rings is 1. The quantitative estimate of drug-likeness (QED) is 0.925. The van der Waals surface area contributed by atoms with Crippen molar-refractivity contribution in [3.05, 3.63) is 41.9 Å². The third-order valence-corrected chi connectivity index (χ3v) is 7.02. The van der Waals surface area contributed by atoms with E-state index in [2.05, 4.69) is 45.1 Å². The minimum absolute atomic E-state index is 0.445. The van der Waals surface area contributed by atoms with Crippen LogP contribution in [0.25, 0.3) is 5.82 Å². The van der Waals surface area contributed by atoms with Crippen LogP contribution >= 0.6 is 23.5 Å². The lowest BCUT2D eigenvalue weighted by molar-refractivity contribution is 0.426. The number of rotatable bonds is 3. The predicted octanol–water partition coefficient (Wildman–Crippen LogP) is 3.08. The Morgan fingerprint density at radius 2 is 2.04 bits per heavy atom. The summed E-state index contributed by atoms with van der Waals surface area (Å²) in [5.41, 5.74) is 2.71. The molecule has 0 amide bonds. The maximum Gasteiger partial charge on any atom is 0.153 e. The monoisotopic (exact) mass is 346 g/mol. The van der Waals surface area contributed by atoms with E-state index in [1.165, 1.54) is 47.1 Å². The summed E-state index contributed by atoms with van der Waals surface area (Å²) in [6.07, 6.45) is 7.42. The number of nitrogens with zero attached hydrogens (tertiary/aromatic N) is 3. The second-order valence-corrected chi connectivity index (χ2v) is 8.40. The second-order valence-electron chi connectivity index (χ2n) is 6.10. The highest BCUT2D eigenvalue weighted by Gasteiger charge is 2.27. The van der Waals surface area contributed by atoms with Crippen LogP contribution in [-0.2, 0) is 6.42 Å². The summed E-state index contributed by atoms with van der Waals surface area (Å²) in [5.74, 6) is 5.96. The molecule has 1 N–H and O–H groups in total. The molecule has 122 valence electrons. The van der Waals surface area contributed by atoms with Crippen molar-refractivity contribution in [3.8, 4) is 5.82 Å². The number of hydrogen-bond acceptors (Lipinski definition) is 5. The lowest BCUT2D eigenvalue weighted by Crippen LogP contribution is -2.37. The molecule has 0 saturated carbocycles. The van der Waals surface area contributed by atoms with E-state index in [1.54, 1.807) is 0 Å². The average Bonchev–Trinajstić information content (AvgIpc) is 2.87. The van der Waals surface area contributed by atoms with E-state index in [1.807, 2.05) is 29.1 Å². The molecule has 4 rings (SSSR count). The Balaban J connectivity index is 1.56. The number of fused-ring (bicyclic) bond motifs is 1. The average molecular weight is 347 g/mol. The van der Waals surface area contributed by atoms with E-state index in [0.29, 0.717) is 12.1 Å². The van der Waals surface area contributed by atoms with Crippen LogP contribution in [0.4, 0.5) is 0 Å². The molecule has 6 heteroatoms. The molecule has 0 radical (unpaired) electrons. The van der Waals surface area contributed by atoms with Gasteiger partial charge in [-0.15, -0.1) is 0 Å². The molecule has 1 saturated heterocycles. The summed E-state index contributed by atoms with van der Waals surface area (Å²) in [4.78, 5) is 4.46. The molecule has 1 unspecified atom stereocenters. The molecule has 1 aliphatic heterocycles. The summed E-state index contributed by atoms with van der Waals surface area (Å²) in [6, 6.07) is 7.06. The van der Waals surface area contributed by atoms with Crippen molar-refractivity contribution in [3.63, 3.8) is 0 Å². The van der Waals surface area contributed by atoms with E-state index < -0.39 is 0 Å². The van der Waals surface area contributed by atoms with Crippen LogP contribution in [-0.4, -0.2) is 43.8 Å². The van der Waals surface area contributed by atoms with Gasteiger partial charge in [0.05, 0.1) is 11.9 Å². The van der Waals surface area contributed by atoms with Crippen molar-refractivity contribution < 1.29 is 0 Å². The first-order chi connectivity index (χ1) is 11.4. The van der Waals surface area contributed by atoms with Crippen LogP contribution < -0.4 is 5.32 Å². The van der Waals surface area contributed by atoms with Gasteiger partial charge in [-0.2, -0.15) is 28.6 Å². The third kappa shape index (κ3) is 3.44. The Bertz CT molecular complexity index is 635. The van der Waals surface area contributed by atoms with Gasteiger partial charge in [0.25, 0.3) is 0 Å².